The molecule has 0 N–H and O–H groups in total. The first-order chi connectivity index (χ1) is 29.5. The molecule has 11 aromatic rings. The highest BCUT2D eigenvalue weighted by Gasteiger charge is 2.37. The maximum absolute atomic E-state index is 5.34. The average molecular weight is 772 g/mol. The van der Waals surface area contributed by atoms with Gasteiger partial charge in [0.25, 0.3) is 0 Å². The Morgan fingerprint density at radius 3 is 1.97 bits per heavy atom. The largest absolute Gasteiger partial charge is 0.277 e. The van der Waals surface area contributed by atoms with Crippen molar-refractivity contribution in [2.75, 3.05) is 0 Å². The third-order valence-corrected chi connectivity index (χ3v) is 12.3. The van der Waals surface area contributed by atoms with Crippen molar-refractivity contribution in [2.45, 2.75) is 33.1 Å². The van der Waals surface area contributed by atoms with Crippen LogP contribution in [0.5, 0.6) is 0 Å². The van der Waals surface area contributed by atoms with Crippen molar-refractivity contribution in [3.63, 3.8) is 0 Å². The maximum Gasteiger partial charge on any atom is 0.238 e. The number of nitrogens with zero attached hydrogens (tertiary/aromatic N) is 5. The van der Waals surface area contributed by atoms with Crippen LogP contribution in [-0.4, -0.2) is 24.5 Å². The highest BCUT2D eigenvalue weighted by atomic mass is 15.2. The van der Waals surface area contributed by atoms with Gasteiger partial charge >= 0.3 is 0 Å². The maximum atomic E-state index is 5.34. The van der Waals surface area contributed by atoms with Gasteiger partial charge in [0.05, 0.1) is 16.6 Å². The Hall–Kier alpha value is -7.50. The highest BCUT2D eigenvalue weighted by Crippen LogP contribution is 2.52. The summed E-state index contributed by atoms with van der Waals surface area (Å²) in [6, 6.07) is 60.7. The lowest BCUT2D eigenvalue weighted by Gasteiger charge is -2.22. The summed E-state index contributed by atoms with van der Waals surface area (Å²) in [6.45, 7) is 8.72. The van der Waals surface area contributed by atoms with Crippen molar-refractivity contribution in [2.24, 2.45) is 0 Å². The number of para-hydroxylation sites is 1. The van der Waals surface area contributed by atoms with E-state index in [9.17, 15) is 0 Å². The van der Waals surface area contributed by atoms with E-state index in [1.54, 1.807) is 0 Å². The molecular formula is C55H41N5. The molecular weight excluding hydrogens is 731 g/mol. The molecule has 0 fully saturated rings. The first-order valence-electron chi connectivity index (χ1n) is 20.8. The van der Waals surface area contributed by atoms with E-state index >= 15 is 0 Å². The molecule has 1 aliphatic rings. The minimum Gasteiger partial charge on any atom is -0.277 e. The molecule has 3 aromatic heterocycles. The van der Waals surface area contributed by atoms with Crippen LogP contribution in [0.3, 0.4) is 0 Å². The van der Waals surface area contributed by atoms with Gasteiger partial charge in [0.15, 0.2) is 11.6 Å². The number of hydrogen-bond donors (Lipinski definition) is 0. The van der Waals surface area contributed by atoms with Crippen molar-refractivity contribution >= 4 is 54.3 Å². The van der Waals surface area contributed by atoms with Gasteiger partial charge in [-0.3, -0.25) is 9.55 Å². The van der Waals surface area contributed by atoms with Gasteiger partial charge in [-0.05, 0) is 79.7 Å². The van der Waals surface area contributed by atoms with Gasteiger partial charge in [0, 0.05) is 44.5 Å². The third kappa shape index (κ3) is 5.46. The van der Waals surface area contributed by atoms with Crippen LogP contribution in [0, 0.1) is 0 Å². The van der Waals surface area contributed by atoms with Crippen LogP contribution in [-0.2, 0) is 5.41 Å². The first kappa shape index (κ1) is 35.6. The summed E-state index contributed by atoms with van der Waals surface area (Å²) in [5.41, 5.74) is 12.2. The van der Waals surface area contributed by atoms with Crippen molar-refractivity contribution in [3.05, 3.63) is 187 Å². The molecule has 0 unspecified atom stereocenters. The van der Waals surface area contributed by atoms with E-state index in [4.69, 9.17) is 15.0 Å². The van der Waals surface area contributed by atoms with Crippen molar-refractivity contribution in [3.8, 4) is 51.0 Å². The van der Waals surface area contributed by atoms with Crippen molar-refractivity contribution in [1.82, 2.24) is 24.5 Å². The normalized spacial score (nSPS) is 12.8. The molecule has 0 radical (unpaired) electrons. The van der Waals surface area contributed by atoms with Gasteiger partial charge in [-0.2, -0.15) is 9.97 Å². The Labute approximate surface area is 348 Å². The number of rotatable bonds is 4. The zero-order valence-electron chi connectivity index (χ0n) is 34.0. The van der Waals surface area contributed by atoms with Gasteiger partial charge in [-0.25, -0.2) is 4.98 Å². The molecule has 0 saturated heterocycles. The highest BCUT2D eigenvalue weighted by molar-refractivity contribution is 6.17. The lowest BCUT2D eigenvalue weighted by molar-refractivity contribution is 0.661. The van der Waals surface area contributed by atoms with Gasteiger partial charge < -0.3 is 0 Å². The van der Waals surface area contributed by atoms with E-state index in [1.807, 2.05) is 44.3 Å². The molecule has 60 heavy (non-hydrogen) atoms. The second-order valence-corrected chi connectivity index (χ2v) is 15.9. The molecule has 5 heteroatoms. The fraction of sp³-hybridized carbons (Fsp3) is 0.0909. The molecule has 0 saturated carbocycles. The van der Waals surface area contributed by atoms with Crippen LogP contribution in [0.1, 0.15) is 38.8 Å². The zero-order chi connectivity index (χ0) is 40.5. The molecule has 286 valence electrons. The van der Waals surface area contributed by atoms with Crippen LogP contribution >= 0.6 is 0 Å². The van der Waals surface area contributed by atoms with Crippen LogP contribution in [0.25, 0.3) is 105 Å². The van der Waals surface area contributed by atoms with E-state index < -0.39 is 0 Å². The smallest absolute Gasteiger partial charge is 0.238 e. The summed E-state index contributed by atoms with van der Waals surface area (Å²) in [6.07, 6.45) is 1.82. The lowest BCUT2D eigenvalue weighted by atomic mass is 9.81. The molecule has 0 aliphatic heterocycles. The summed E-state index contributed by atoms with van der Waals surface area (Å²) in [7, 11) is 0. The van der Waals surface area contributed by atoms with Gasteiger partial charge in [0.1, 0.15) is 0 Å². The second-order valence-electron chi connectivity index (χ2n) is 15.9. The molecule has 0 bridgehead atoms. The average Bonchev–Trinajstić information content (AvgIpc) is 3.76. The zero-order valence-corrected chi connectivity index (χ0v) is 34.0. The molecule has 0 atom stereocenters. The Kier molecular flexibility index (Phi) is 8.21. The second kappa shape index (κ2) is 13.8. The fourth-order valence-electron chi connectivity index (χ4n) is 9.38. The third-order valence-electron chi connectivity index (χ3n) is 12.3. The van der Waals surface area contributed by atoms with Crippen molar-refractivity contribution < 1.29 is 0 Å². The minimum absolute atomic E-state index is 0.175. The minimum atomic E-state index is -0.175. The fourth-order valence-corrected chi connectivity index (χ4v) is 9.38. The Bertz CT molecular complexity index is 3490. The van der Waals surface area contributed by atoms with E-state index in [-0.39, 0.29) is 5.41 Å². The molecule has 8 aromatic carbocycles. The molecule has 1 aliphatic carbocycles. The van der Waals surface area contributed by atoms with Crippen molar-refractivity contribution in [1.29, 1.82) is 0 Å². The number of aromatic nitrogens is 5. The molecule has 3 heterocycles. The van der Waals surface area contributed by atoms with Gasteiger partial charge in [-0.15, -0.1) is 0 Å². The monoisotopic (exact) mass is 771 g/mol. The number of hydrogen-bond acceptors (Lipinski definition) is 4. The molecule has 5 nitrogen and oxygen atoms in total. The van der Waals surface area contributed by atoms with Gasteiger partial charge in [-0.1, -0.05) is 167 Å². The molecule has 0 spiro atoms. The number of pyridine rings is 1. The number of fused-ring (bicyclic) bond motifs is 10. The van der Waals surface area contributed by atoms with E-state index in [1.165, 1.54) is 38.4 Å². The Morgan fingerprint density at radius 1 is 0.450 bits per heavy atom. The summed E-state index contributed by atoms with van der Waals surface area (Å²) in [5.74, 6) is 1.77. The molecule has 12 rings (SSSR count). The van der Waals surface area contributed by atoms with Gasteiger partial charge in [0.2, 0.25) is 5.95 Å². The first-order valence-corrected chi connectivity index (χ1v) is 20.8. The van der Waals surface area contributed by atoms with E-state index in [0.717, 1.165) is 60.3 Å². The SMILES string of the molecule is CC.CC1(C)c2cc(-c3cccc4c5cc6ccccc6cc5n(-c5nc(-c6ccccc6)nc(-c6ccc7cccnc7c6)n5)c34)ccc2-c2c1ccc1ccccc21. The summed E-state index contributed by atoms with van der Waals surface area (Å²) < 4.78 is 2.27. The summed E-state index contributed by atoms with van der Waals surface area (Å²) in [5, 5.41) is 8.27. The quantitative estimate of drug-likeness (QED) is 0.179. The lowest BCUT2D eigenvalue weighted by Crippen LogP contribution is -2.15. The topological polar surface area (TPSA) is 56.5 Å². The van der Waals surface area contributed by atoms with Crippen LogP contribution in [0.2, 0.25) is 0 Å². The van der Waals surface area contributed by atoms with Crippen LogP contribution in [0.4, 0.5) is 0 Å². The predicted molar refractivity (Wildman–Crippen MR) is 250 cm³/mol. The van der Waals surface area contributed by atoms with E-state index in [2.05, 4.69) is 169 Å². The summed E-state index contributed by atoms with van der Waals surface area (Å²) >= 11 is 0. The summed E-state index contributed by atoms with van der Waals surface area (Å²) in [4.78, 5) is 20.4. The van der Waals surface area contributed by atoms with E-state index in [0.29, 0.717) is 17.6 Å². The van der Waals surface area contributed by atoms with Crippen LogP contribution < -0.4 is 0 Å². The Morgan fingerprint density at radius 2 is 1.13 bits per heavy atom. The molecule has 0 amide bonds. The predicted octanol–water partition coefficient (Wildman–Crippen LogP) is 14.2. The van der Waals surface area contributed by atoms with Crippen LogP contribution in [0.15, 0.2) is 176 Å². The number of benzene rings is 8. The Balaban J connectivity index is 0.00000201. The standard InChI is InChI=1S/C53H35N5.C2H6/c1-53(2)44-26-24-32-12-8-9-18-39(32)48(44)42-25-23-37(29-45(42)53)40-19-10-20-41-43-28-35-15-6-7-16-36(35)31-47(43)58(49(40)41)52-56-50(34-13-4-3-5-14-34)55-51(57-52)38-22-21-33-17-11-27-54-46(33)30-38;1-2/h3-31H,1-2H3;1-2H3.